The fraction of sp³-hybridized carbons (Fsp3) is 0.412. The van der Waals surface area contributed by atoms with E-state index in [1.165, 1.54) is 11.0 Å². The van der Waals surface area contributed by atoms with Crippen molar-refractivity contribution in [1.82, 2.24) is 10.2 Å². The number of aromatic hydroxyl groups is 1. The van der Waals surface area contributed by atoms with Crippen LogP contribution in [0.2, 0.25) is 0 Å². The Morgan fingerprint density at radius 1 is 0.977 bits per heavy atom. The molecule has 0 aliphatic carbocycles. The summed E-state index contributed by atoms with van der Waals surface area (Å²) in [5.74, 6) is -1.61. The molecule has 3 aromatic rings. The first-order valence-electron chi connectivity index (χ1n) is 15.0. The Labute approximate surface area is 258 Å². The van der Waals surface area contributed by atoms with Gasteiger partial charge in [-0.05, 0) is 86.7 Å². The number of rotatable bonds is 13. The van der Waals surface area contributed by atoms with Crippen LogP contribution in [-0.4, -0.2) is 52.0 Å². The van der Waals surface area contributed by atoms with Crippen LogP contribution < -0.4 is 16.4 Å². The fourth-order valence-electron chi connectivity index (χ4n) is 4.89. The predicted molar refractivity (Wildman–Crippen MR) is 171 cm³/mol. The third-order valence-electron chi connectivity index (χ3n) is 7.07. The first kappa shape index (κ1) is 33.9. The number of unbranched alkanes of at least 4 members (excludes halogenated alkanes) is 2. The summed E-state index contributed by atoms with van der Waals surface area (Å²) >= 11 is 0. The van der Waals surface area contributed by atoms with Crippen molar-refractivity contribution in [3.8, 4) is 5.75 Å². The van der Waals surface area contributed by atoms with E-state index in [0.29, 0.717) is 23.2 Å². The van der Waals surface area contributed by atoms with Crippen LogP contribution in [0.4, 0.5) is 10.5 Å². The van der Waals surface area contributed by atoms with Gasteiger partial charge in [-0.15, -0.1) is 0 Å². The highest BCUT2D eigenvalue weighted by Crippen LogP contribution is 2.30. The molecule has 0 saturated carbocycles. The zero-order chi connectivity index (χ0) is 32.4. The molecule has 0 radical (unpaired) electrons. The number of hydrogen-bond acceptors (Lipinski definition) is 6. The number of ether oxygens (including phenoxy) is 1. The number of alkyl carbamates (subject to hydrolysis) is 1. The summed E-state index contributed by atoms with van der Waals surface area (Å²) in [4.78, 5) is 54.4. The predicted octanol–water partition coefficient (Wildman–Crippen LogP) is 5.71. The van der Waals surface area contributed by atoms with E-state index >= 15 is 0 Å². The van der Waals surface area contributed by atoms with Gasteiger partial charge in [0.05, 0.1) is 0 Å². The lowest BCUT2D eigenvalue weighted by atomic mass is 9.98. The summed E-state index contributed by atoms with van der Waals surface area (Å²) in [7, 11) is 0. The first-order chi connectivity index (χ1) is 20.8. The summed E-state index contributed by atoms with van der Waals surface area (Å²) in [5.41, 5.74) is 6.14. The van der Waals surface area contributed by atoms with Crippen molar-refractivity contribution in [3.05, 3.63) is 71.8 Å². The number of phenolic OH excluding ortho intramolecular Hbond substituents is 1. The molecule has 0 aliphatic heterocycles. The lowest BCUT2D eigenvalue weighted by Gasteiger charge is -2.34. The number of fused-ring (bicyclic) bond motifs is 1. The number of nitrogens with one attached hydrogen (secondary N) is 2. The highest BCUT2D eigenvalue weighted by molar-refractivity contribution is 6.00. The number of anilines is 1. The van der Waals surface area contributed by atoms with E-state index in [0.717, 1.165) is 23.6 Å². The van der Waals surface area contributed by atoms with Gasteiger partial charge in [0.2, 0.25) is 11.8 Å². The molecule has 0 fully saturated rings. The average molecular weight is 605 g/mol. The maximum atomic E-state index is 14.3. The van der Waals surface area contributed by atoms with Gasteiger partial charge in [0.15, 0.2) is 0 Å². The molecule has 0 saturated heterocycles. The third-order valence-corrected chi connectivity index (χ3v) is 7.07. The summed E-state index contributed by atoms with van der Waals surface area (Å²) < 4.78 is 5.40. The van der Waals surface area contributed by atoms with E-state index in [2.05, 4.69) is 10.6 Å². The van der Waals surface area contributed by atoms with Crippen LogP contribution >= 0.6 is 0 Å². The number of phenols is 1. The number of amides is 4. The van der Waals surface area contributed by atoms with Crippen LogP contribution in [-0.2, 0) is 19.1 Å². The van der Waals surface area contributed by atoms with E-state index in [4.69, 9.17) is 10.5 Å². The Morgan fingerprint density at radius 2 is 1.68 bits per heavy atom. The molecule has 3 rings (SSSR count). The van der Waals surface area contributed by atoms with Gasteiger partial charge in [-0.25, -0.2) is 4.79 Å². The van der Waals surface area contributed by atoms with Crippen LogP contribution in [0.5, 0.6) is 5.75 Å². The lowest BCUT2D eigenvalue weighted by molar-refractivity contribution is -0.141. The van der Waals surface area contributed by atoms with E-state index in [1.54, 1.807) is 45.9 Å². The third kappa shape index (κ3) is 9.72. The molecule has 0 aromatic heterocycles. The molecule has 2 unspecified atom stereocenters. The van der Waals surface area contributed by atoms with Crippen molar-refractivity contribution in [3.63, 3.8) is 0 Å². The Balaban J connectivity index is 2.06. The summed E-state index contributed by atoms with van der Waals surface area (Å²) in [6.45, 7) is 9.03. The molecule has 236 valence electrons. The second kappa shape index (κ2) is 15.2. The van der Waals surface area contributed by atoms with Gasteiger partial charge in [-0.1, -0.05) is 56.2 Å². The van der Waals surface area contributed by atoms with Gasteiger partial charge < -0.3 is 31.1 Å². The molecule has 2 atom stereocenters. The standard InChI is InChI=1S/C34H44N4O6/c1-6-7-10-19-38(32(42)27(16-18-29(35)40)37-33(43)44-34(3,4)5)30(25-14-17-28(39)22(2)20-25)31(41)36-26-15-13-23-11-8-9-12-24(23)21-26/h8-9,11-15,17,20-21,27,30,39H,6-7,10,16,18-19H2,1-5H3,(H2,35,40)(H,36,41)(H,37,43). The minimum absolute atomic E-state index is 0.0530. The molecule has 10 nitrogen and oxygen atoms in total. The molecule has 44 heavy (non-hydrogen) atoms. The minimum atomic E-state index is -1.19. The normalized spacial score (nSPS) is 12.7. The molecule has 3 aromatic carbocycles. The maximum Gasteiger partial charge on any atom is 0.408 e. The zero-order valence-electron chi connectivity index (χ0n) is 26.2. The zero-order valence-corrected chi connectivity index (χ0v) is 26.2. The second-order valence-corrected chi connectivity index (χ2v) is 11.9. The number of benzene rings is 3. The van der Waals surface area contributed by atoms with Crippen LogP contribution in [0.25, 0.3) is 10.8 Å². The van der Waals surface area contributed by atoms with Crippen LogP contribution in [0.15, 0.2) is 60.7 Å². The Kier molecular flexibility index (Phi) is 11.7. The van der Waals surface area contributed by atoms with E-state index in [1.807, 2.05) is 43.3 Å². The van der Waals surface area contributed by atoms with E-state index < -0.39 is 41.5 Å². The number of hydrogen-bond donors (Lipinski definition) is 4. The quantitative estimate of drug-likeness (QED) is 0.184. The largest absolute Gasteiger partial charge is 0.508 e. The first-order valence-corrected chi connectivity index (χ1v) is 15.0. The van der Waals surface area contributed by atoms with Gasteiger partial charge >= 0.3 is 6.09 Å². The summed E-state index contributed by atoms with van der Waals surface area (Å²) in [5, 5.41) is 17.8. The molecule has 4 amide bonds. The molecule has 0 bridgehead atoms. The maximum absolute atomic E-state index is 14.3. The second-order valence-electron chi connectivity index (χ2n) is 11.9. The fourth-order valence-corrected chi connectivity index (χ4v) is 4.89. The number of carbonyl (C=O) groups excluding carboxylic acids is 4. The minimum Gasteiger partial charge on any atom is -0.508 e. The summed E-state index contributed by atoms with van der Waals surface area (Å²) in [6.07, 6.45) is 1.19. The van der Waals surface area contributed by atoms with Gasteiger partial charge in [-0.3, -0.25) is 14.4 Å². The smallest absolute Gasteiger partial charge is 0.408 e. The Morgan fingerprint density at radius 3 is 2.32 bits per heavy atom. The number of carbonyl (C=O) groups is 4. The number of nitrogens with two attached hydrogens (primary N) is 1. The highest BCUT2D eigenvalue weighted by atomic mass is 16.6. The van der Waals surface area contributed by atoms with Crippen LogP contribution in [0.3, 0.4) is 0 Å². The Bertz CT molecular complexity index is 1480. The summed E-state index contributed by atoms with van der Waals surface area (Å²) in [6, 6.07) is 15.8. The highest BCUT2D eigenvalue weighted by Gasteiger charge is 2.36. The monoisotopic (exact) mass is 604 g/mol. The molecule has 5 N–H and O–H groups in total. The van der Waals surface area contributed by atoms with E-state index in [9.17, 15) is 24.3 Å². The molecule has 0 heterocycles. The van der Waals surface area contributed by atoms with Crippen molar-refractivity contribution in [2.24, 2.45) is 5.73 Å². The molecule has 0 spiro atoms. The average Bonchev–Trinajstić information content (AvgIpc) is 2.95. The molecule has 10 heteroatoms. The SMILES string of the molecule is CCCCCN(C(=O)C(CCC(N)=O)NC(=O)OC(C)(C)C)C(C(=O)Nc1ccc2ccccc2c1)c1ccc(O)c(C)c1. The lowest BCUT2D eigenvalue weighted by Crippen LogP contribution is -2.52. The molecule has 0 aliphatic rings. The molecular formula is C34H44N4O6. The van der Waals surface area contributed by atoms with Gasteiger partial charge in [0.1, 0.15) is 23.4 Å². The van der Waals surface area contributed by atoms with Crippen molar-refractivity contribution >= 4 is 40.3 Å². The van der Waals surface area contributed by atoms with Crippen molar-refractivity contribution in [2.45, 2.75) is 84.4 Å². The van der Waals surface area contributed by atoms with Crippen molar-refractivity contribution in [1.29, 1.82) is 0 Å². The topological polar surface area (TPSA) is 151 Å². The number of aryl methyl sites for hydroxylation is 1. The van der Waals surface area contributed by atoms with E-state index in [-0.39, 0.29) is 25.1 Å². The number of nitrogens with zero attached hydrogens (tertiary/aromatic N) is 1. The van der Waals surface area contributed by atoms with Crippen LogP contribution in [0, 0.1) is 6.92 Å². The van der Waals surface area contributed by atoms with Crippen molar-refractivity contribution < 1.29 is 29.0 Å². The van der Waals surface area contributed by atoms with Crippen LogP contribution in [0.1, 0.15) is 77.0 Å². The van der Waals surface area contributed by atoms with Crippen molar-refractivity contribution in [2.75, 3.05) is 11.9 Å². The Hall–Kier alpha value is -4.60. The van der Waals surface area contributed by atoms with Gasteiger partial charge in [-0.2, -0.15) is 0 Å². The molecular weight excluding hydrogens is 560 g/mol. The number of primary amides is 1. The van der Waals surface area contributed by atoms with Gasteiger partial charge in [0, 0.05) is 18.7 Å². The van der Waals surface area contributed by atoms with Gasteiger partial charge in [0.25, 0.3) is 5.91 Å².